The van der Waals surface area contributed by atoms with Gasteiger partial charge in [0.25, 0.3) is 5.91 Å². The van der Waals surface area contributed by atoms with Crippen LogP contribution in [-0.2, 0) is 5.33 Å². The van der Waals surface area contributed by atoms with E-state index in [1.54, 1.807) is 6.07 Å². The van der Waals surface area contributed by atoms with Gasteiger partial charge in [0.1, 0.15) is 4.34 Å². The second kappa shape index (κ2) is 6.06. The molecule has 6 heteroatoms. The minimum absolute atomic E-state index is 0.255. The van der Waals surface area contributed by atoms with Crippen molar-refractivity contribution in [1.29, 1.82) is 0 Å². The second-order valence-electron chi connectivity index (χ2n) is 3.52. The highest BCUT2D eigenvalue weighted by Gasteiger charge is 2.14. The van der Waals surface area contributed by atoms with Crippen molar-refractivity contribution < 1.29 is 4.79 Å². The highest BCUT2D eigenvalue weighted by molar-refractivity contribution is 9.08. The van der Waals surface area contributed by atoms with Crippen LogP contribution in [0.4, 0.5) is 5.69 Å². The number of carbonyl (C=O) groups is 1. The fraction of sp³-hybridized carbons (Fsp3) is 0.0833. The number of carbonyl (C=O) groups excluding carboxylic acids is 1. The molecule has 2 nitrogen and oxygen atoms in total. The first kappa shape index (κ1) is 13.9. The smallest absolute Gasteiger partial charge is 0.258 e. The summed E-state index contributed by atoms with van der Waals surface area (Å²) in [5.74, 6) is -0.255. The molecule has 0 aliphatic heterocycles. The van der Waals surface area contributed by atoms with Gasteiger partial charge in [-0.25, -0.2) is 0 Å². The number of hydrogen-bond acceptors (Lipinski definition) is 2. The number of alkyl halides is 1. The van der Waals surface area contributed by atoms with Crippen LogP contribution >= 0.6 is 50.5 Å². The molecule has 1 aromatic carbocycles. The summed E-state index contributed by atoms with van der Waals surface area (Å²) in [4.78, 5) is 11.9. The Balaban J connectivity index is 2.13. The quantitative estimate of drug-likeness (QED) is 0.745. The van der Waals surface area contributed by atoms with Crippen molar-refractivity contribution >= 4 is 62.1 Å². The van der Waals surface area contributed by atoms with Crippen LogP contribution < -0.4 is 5.32 Å². The van der Waals surface area contributed by atoms with Crippen molar-refractivity contribution in [3.05, 3.63) is 50.1 Å². The van der Waals surface area contributed by atoms with Crippen molar-refractivity contribution in [1.82, 2.24) is 0 Å². The van der Waals surface area contributed by atoms with Gasteiger partial charge in [-0.05, 0) is 23.8 Å². The summed E-state index contributed by atoms with van der Waals surface area (Å²) in [6, 6.07) is 9.13. The summed E-state index contributed by atoms with van der Waals surface area (Å²) >= 11 is 16.3. The maximum atomic E-state index is 11.9. The average molecular weight is 365 g/mol. The molecule has 18 heavy (non-hydrogen) atoms. The molecule has 0 atom stereocenters. The van der Waals surface area contributed by atoms with E-state index in [1.165, 1.54) is 11.3 Å². The predicted molar refractivity (Wildman–Crippen MR) is 81.4 cm³/mol. The Bertz CT molecular complexity index is 568. The minimum atomic E-state index is -0.255. The molecule has 0 spiro atoms. The van der Waals surface area contributed by atoms with Crippen molar-refractivity contribution in [2.24, 2.45) is 0 Å². The van der Waals surface area contributed by atoms with Gasteiger partial charge in [-0.2, -0.15) is 0 Å². The Morgan fingerprint density at radius 1 is 1.28 bits per heavy atom. The van der Waals surface area contributed by atoms with Crippen LogP contribution in [0.15, 0.2) is 30.3 Å². The molecule has 0 unspecified atom stereocenters. The summed E-state index contributed by atoms with van der Waals surface area (Å²) < 4.78 is 0.898. The molecule has 0 aliphatic rings. The van der Waals surface area contributed by atoms with Crippen LogP contribution in [0.5, 0.6) is 0 Å². The average Bonchev–Trinajstić information content (AvgIpc) is 2.69. The van der Waals surface area contributed by atoms with Crippen molar-refractivity contribution in [3.63, 3.8) is 0 Å². The van der Waals surface area contributed by atoms with Gasteiger partial charge in [0.05, 0.1) is 9.90 Å². The van der Waals surface area contributed by atoms with Crippen LogP contribution in [0.1, 0.15) is 15.9 Å². The number of anilines is 1. The molecule has 1 aromatic heterocycles. The number of amides is 1. The van der Waals surface area contributed by atoms with E-state index in [9.17, 15) is 4.79 Å². The molecule has 1 amide bonds. The number of hydrogen-bond donors (Lipinski definition) is 1. The molecule has 0 fully saturated rings. The van der Waals surface area contributed by atoms with E-state index in [0.29, 0.717) is 14.2 Å². The Labute approximate surface area is 127 Å². The zero-order chi connectivity index (χ0) is 13.1. The molecule has 0 saturated heterocycles. The van der Waals surface area contributed by atoms with Gasteiger partial charge in [-0.1, -0.05) is 51.3 Å². The van der Waals surface area contributed by atoms with E-state index in [4.69, 9.17) is 23.2 Å². The molecular formula is C12H8BrCl2NOS. The molecule has 0 aliphatic carbocycles. The molecule has 0 radical (unpaired) electrons. The standard InChI is InChI=1S/C12H8BrCl2NOS/c13-6-7-1-3-8(4-2-7)16-12(17)9-5-10(14)18-11(9)15/h1-5H,6H2,(H,16,17). The third kappa shape index (κ3) is 3.26. The summed E-state index contributed by atoms with van der Waals surface area (Å²) in [5.41, 5.74) is 2.27. The monoisotopic (exact) mass is 363 g/mol. The fourth-order valence-corrected chi connectivity index (χ4v) is 3.20. The summed E-state index contributed by atoms with van der Waals surface area (Å²) in [5, 5.41) is 3.56. The number of thiophene rings is 1. The molecular weight excluding hydrogens is 357 g/mol. The van der Waals surface area contributed by atoms with Gasteiger partial charge in [0, 0.05) is 11.0 Å². The fourth-order valence-electron chi connectivity index (χ4n) is 1.37. The first-order chi connectivity index (χ1) is 8.60. The second-order valence-corrected chi connectivity index (χ2v) is 6.37. The molecule has 1 heterocycles. The SMILES string of the molecule is O=C(Nc1ccc(CBr)cc1)c1cc(Cl)sc1Cl. The highest BCUT2D eigenvalue weighted by Crippen LogP contribution is 2.31. The lowest BCUT2D eigenvalue weighted by Crippen LogP contribution is -2.11. The highest BCUT2D eigenvalue weighted by atomic mass is 79.9. The van der Waals surface area contributed by atoms with Crippen LogP contribution in [0.3, 0.4) is 0 Å². The number of halogens is 3. The van der Waals surface area contributed by atoms with Crippen LogP contribution in [-0.4, -0.2) is 5.91 Å². The van der Waals surface area contributed by atoms with Gasteiger partial charge in [-0.3, -0.25) is 4.79 Å². The zero-order valence-corrected chi connectivity index (χ0v) is 13.0. The van der Waals surface area contributed by atoms with Crippen LogP contribution in [0.2, 0.25) is 8.67 Å². The lowest BCUT2D eigenvalue weighted by molar-refractivity contribution is 0.102. The number of nitrogens with one attached hydrogen (secondary N) is 1. The summed E-state index contributed by atoms with van der Waals surface area (Å²) in [6.07, 6.45) is 0. The molecule has 94 valence electrons. The molecule has 2 rings (SSSR count). The van der Waals surface area contributed by atoms with E-state index in [-0.39, 0.29) is 5.91 Å². The molecule has 1 N–H and O–H groups in total. The Morgan fingerprint density at radius 3 is 2.44 bits per heavy atom. The van der Waals surface area contributed by atoms with Gasteiger partial charge >= 0.3 is 0 Å². The van der Waals surface area contributed by atoms with E-state index >= 15 is 0 Å². The summed E-state index contributed by atoms with van der Waals surface area (Å²) in [7, 11) is 0. The topological polar surface area (TPSA) is 29.1 Å². The third-order valence-corrected chi connectivity index (χ3v) is 4.40. The van der Waals surface area contributed by atoms with Crippen molar-refractivity contribution in [2.45, 2.75) is 5.33 Å². The first-order valence-corrected chi connectivity index (χ1v) is 7.70. The van der Waals surface area contributed by atoms with Crippen molar-refractivity contribution in [3.8, 4) is 0 Å². The number of benzene rings is 1. The van der Waals surface area contributed by atoms with Crippen molar-refractivity contribution in [2.75, 3.05) is 5.32 Å². The van der Waals surface area contributed by atoms with Gasteiger partial charge in [0.15, 0.2) is 0 Å². The van der Waals surface area contributed by atoms with E-state index in [0.717, 1.165) is 16.6 Å². The van der Waals surface area contributed by atoms with Gasteiger partial charge in [-0.15, -0.1) is 11.3 Å². The molecule has 2 aromatic rings. The van der Waals surface area contributed by atoms with E-state index in [2.05, 4.69) is 21.2 Å². The number of rotatable bonds is 3. The lowest BCUT2D eigenvalue weighted by Gasteiger charge is -2.04. The Kier molecular flexibility index (Phi) is 4.67. The Hall–Kier alpha value is -0.550. The Morgan fingerprint density at radius 2 is 1.94 bits per heavy atom. The largest absolute Gasteiger partial charge is 0.322 e. The normalized spacial score (nSPS) is 10.4. The molecule has 0 bridgehead atoms. The maximum Gasteiger partial charge on any atom is 0.258 e. The minimum Gasteiger partial charge on any atom is -0.322 e. The molecule has 0 saturated carbocycles. The predicted octanol–water partition coefficient (Wildman–Crippen LogP) is 5.20. The van der Waals surface area contributed by atoms with Crippen LogP contribution in [0.25, 0.3) is 0 Å². The lowest BCUT2D eigenvalue weighted by atomic mass is 10.2. The maximum absolute atomic E-state index is 11.9. The van der Waals surface area contributed by atoms with Gasteiger partial charge < -0.3 is 5.32 Å². The van der Waals surface area contributed by atoms with Gasteiger partial charge in [0.2, 0.25) is 0 Å². The zero-order valence-electron chi connectivity index (χ0n) is 9.04. The van der Waals surface area contributed by atoms with E-state index in [1.807, 2.05) is 24.3 Å². The first-order valence-electron chi connectivity index (χ1n) is 5.01. The third-order valence-electron chi connectivity index (χ3n) is 2.27. The van der Waals surface area contributed by atoms with E-state index < -0.39 is 0 Å². The summed E-state index contributed by atoms with van der Waals surface area (Å²) in [6.45, 7) is 0. The van der Waals surface area contributed by atoms with Crippen LogP contribution in [0, 0.1) is 0 Å².